The van der Waals surface area contributed by atoms with Gasteiger partial charge in [-0.15, -0.1) is 0 Å². The summed E-state index contributed by atoms with van der Waals surface area (Å²) in [5.74, 6) is 0. The van der Waals surface area contributed by atoms with E-state index in [1.54, 1.807) is 6.07 Å². The Morgan fingerprint density at radius 1 is 1.37 bits per heavy atom. The molecule has 102 valence electrons. The molecule has 0 amide bonds. The monoisotopic (exact) mass is 319 g/mol. The number of nitrogens with one attached hydrogen (secondary N) is 1. The maximum absolute atomic E-state index is 12.2. The number of likely N-dealkylation sites (tertiary alicyclic amines) is 1. The fraction of sp³-hybridized carbons (Fsp3) is 0.364. The zero-order chi connectivity index (χ0) is 14.0. The smallest absolute Gasteiger partial charge is 0.243 e. The minimum absolute atomic E-state index is 0.0788. The maximum Gasteiger partial charge on any atom is 0.243 e. The molecule has 1 saturated heterocycles. The Labute approximate surface area is 121 Å². The van der Waals surface area contributed by atoms with Crippen molar-refractivity contribution in [1.82, 2.24) is 9.62 Å². The number of rotatable bonds is 3. The second-order valence-corrected chi connectivity index (χ2v) is 6.67. The van der Waals surface area contributed by atoms with E-state index >= 15 is 0 Å². The van der Waals surface area contributed by atoms with Gasteiger partial charge in [-0.05, 0) is 18.6 Å². The molecule has 8 heteroatoms. The molecule has 1 unspecified atom stereocenters. The van der Waals surface area contributed by atoms with Crippen molar-refractivity contribution in [3.8, 4) is 6.19 Å². The second kappa shape index (κ2) is 5.55. The molecular weight excluding hydrogens is 309 g/mol. The standard InChI is InChI=1S/C11H11Cl2N3O2S/c12-9-2-1-3-10(13)11(9)19(17,18)15-8-4-5-16(6-8)7-14/h1-3,8,15H,4-6H2. The van der Waals surface area contributed by atoms with E-state index in [1.807, 2.05) is 6.19 Å². The minimum atomic E-state index is -3.79. The SMILES string of the molecule is N#CN1CCC(NS(=O)(=O)c2c(Cl)cccc2Cl)C1. The van der Waals surface area contributed by atoms with E-state index in [0.717, 1.165) is 0 Å². The first kappa shape index (κ1) is 14.4. The van der Waals surface area contributed by atoms with Crippen molar-refractivity contribution in [3.63, 3.8) is 0 Å². The summed E-state index contributed by atoms with van der Waals surface area (Å²) in [6.07, 6.45) is 2.57. The predicted molar refractivity (Wildman–Crippen MR) is 72.4 cm³/mol. The van der Waals surface area contributed by atoms with Crippen molar-refractivity contribution in [3.05, 3.63) is 28.2 Å². The van der Waals surface area contributed by atoms with E-state index in [4.69, 9.17) is 28.5 Å². The summed E-state index contributed by atoms with van der Waals surface area (Å²) in [7, 11) is -3.79. The molecule has 1 aliphatic heterocycles. The van der Waals surface area contributed by atoms with Crippen LogP contribution < -0.4 is 4.72 Å². The Balaban J connectivity index is 2.23. The van der Waals surface area contributed by atoms with Crippen LogP contribution in [0.15, 0.2) is 23.1 Å². The maximum atomic E-state index is 12.2. The van der Waals surface area contributed by atoms with Gasteiger partial charge in [-0.25, -0.2) is 13.1 Å². The molecule has 1 fully saturated rings. The molecule has 1 N–H and O–H groups in total. The third kappa shape index (κ3) is 3.12. The van der Waals surface area contributed by atoms with Crippen LogP contribution >= 0.6 is 23.2 Å². The Hall–Kier alpha value is -1.00. The number of hydrogen-bond donors (Lipinski definition) is 1. The molecule has 1 aromatic rings. The van der Waals surface area contributed by atoms with E-state index in [9.17, 15) is 8.42 Å². The summed E-state index contributed by atoms with van der Waals surface area (Å²) in [4.78, 5) is 1.38. The highest BCUT2D eigenvalue weighted by Crippen LogP contribution is 2.29. The predicted octanol–water partition coefficient (Wildman–Crippen LogP) is 1.83. The number of benzene rings is 1. The highest BCUT2D eigenvalue weighted by molar-refractivity contribution is 7.89. The summed E-state index contributed by atoms with van der Waals surface area (Å²) in [6, 6.07) is 4.21. The summed E-state index contributed by atoms with van der Waals surface area (Å²) >= 11 is 11.8. The summed E-state index contributed by atoms with van der Waals surface area (Å²) in [5.41, 5.74) is 0. The molecule has 2 rings (SSSR count). The number of nitriles is 1. The second-order valence-electron chi connectivity index (χ2n) is 4.20. The van der Waals surface area contributed by atoms with Crippen LogP contribution in [-0.4, -0.2) is 32.4 Å². The van der Waals surface area contributed by atoms with Crippen LogP contribution in [0.3, 0.4) is 0 Å². The zero-order valence-electron chi connectivity index (χ0n) is 9.81. The molecule has 1 aromatic carbocycles. The lowest BCUT2D eigenvalue weighted by molar-refractivity contribution is 0.470. The van der Waals surface area contributed by atoms with Gasteiger partial charge in [0.05, 0.1) is 10.0 Å². The summed E-state index contributed by atoms with van der Waals surface area (Å²) < 4.78 is 27.0. The molecule has 19 heavy (non-hydrogen) atoms. The van der Waals surface area contributed by atoms with Crippen LogP contribution in [0.25, 0.3) is 0 Å². The molecule has 5 nitrogen and oxygen atoms in total. The number of nitrogens with zero attached hydrogens (tertiary/aromatic N) is 2. The third-order valence-corrected chi connectivity index (χ3v) is 5.31. The van der Waals surface area contributed by atoms with Crippen molar-refractivity contribution >= 4 is 33.2 Å². The zero-order valence-corrected chi connectivity index (χ0v) is 12.1. The van der Waals surface area contributed by atoms with Crippen molar-refractivity contribution in [1.29, 1.82) is 5.26 Å². The number of halogens is 2. The lowest BCUT2D eigenvalue weighted by Gasteiger charge is -2.14. The molecule has 0 aromatic heterocycles. The average Bonchev–Trinajstić information content (AvgIpc) is 2.75. The average molecular weight is 320 g/mol. The van der Waals surface area contributed by atoms with Gasteiger partial charge >= 0.3 is 0 Å². The summed E-state index contributed by atoms with van der Waals surface area (Å²) in [6.45, 7) is 0.901. The molecule has 0 spiro atoms. The van der Waals surface area contributed by atoms with Gasteiger partial charge in [-0.3, -0.25) is 0 Å². The van der Waals surface area contributed by atoms with E-state index in [2.05, 4.69) is 4.72 Å². The van der Waals surface area contributed by atoms with E-state index in [0.29, 0.717) is 19.5 Å². The Kier molecular flexibility index (Phi) is 4.21. The van der Waals surface area contributed by atoms with Gasteiger partial charge in [0, 0.05) is 19.1 Å². The first-order chi connectivity index (χ1) is 8.94. The van der Waals surface area contributed by atoms with Gasteiger partial charge < -0.3 is 4.90 Å². The highest BCUT2D eigenvalue weighted by Gasteiger charge is 2.29. The van der Waals surface area contributed by atoms with Crippen molar-refractivity contribution < 1.29 is 8.42 Å². The van der Waals surface area contributed by atoms with Crippen LogP contribution in [0.4, 0.5) is 0 Å². The Morgan fingerprint density at radius 2 is 2.00 bits per heavy atom. The van der Waals surface area contributed by atoms with Crippen LogP contribution in [-0.2, 0) is 10.0 Å². The van der Waals surface area contributed by atoms with E-state index in [-0.39, 0.29) is 21.0 Å². The lowest BCUT2D eigenvalue weighted by atomic mass is 10.3. The third-order valence-electron chi connectivity index (χ3n) is 2.84. The van der Waals surface area contributed by atoms with Gasteiger partial charge in [0.25, 0.3) is 0 Å². The van der Waals surface area contributed by atoms with Crippen molar-refractivity contribution in [2.45, 2.75) is 17.4 Å². The van der Waals surface area contributed by atoms with E-state index < -0.39 is 10.0 Å². The quantitative estimate of drug-likeness (QED) is 0.862. The van der Waals surface area contributed by atoms with Crippen molar-refractivity contribution in [2.75, 3.05) is 13.1 Å². The van der Waals surface area contributed by atoms with Gasteiger partial charge in [0.1, 0.15) is 4.90 Å². The number of sulfonamides is 1. The molecule has 0 radical (unpaired) electrons. The molecule has 0 aliphatic carbocycles. The van der Waals surface area contributed by atoms with Crippen LogP contribution in [0.1, 0.15) is 6.42 Å². The first-order valence-electron chi connectivity index (χ1n) is 5.55. The van der Waals surface area contributed by atoms with Crippen LogP contribution in [0.2, 0.25) is 10.0 Å². The van der Waals surface area contributed by atoms with Crippen molar-refractivity contribution in [2.24, 2.45) is 0 Å². The molecule has 1 atom stereocenters. The summed E-state index contributed by atoms with van der Waals surface area (Å²) in [5, 5.41) is 8.90. The first-order valence-corrected chi connectivity index (χ1v) is 7.79. The number of hydrogen-bond acceptors (Lipinski definition) is 4. The van der Waals surface area contributed by atoms with Gasteiger partial charge in [0.15, 0.2) is 6.19 Å². The molecule has 1 aliphatic rings. The highest BCUT2D eigenvalue weighted by atomic mass is 35.5. The van der Waals surface area contributed by atoms with Gasteiger partial charge in [-0.1, -0.05) is 29.3 Å². The molecule has 0 saturated carbocycles. The fourth-order valence-electron chi connectivity index (χ4n) is 1.96. The largest absolute Gasteiger partial charge is 0.309 e. The van der Waals surface area contributed by atoms with E-state index in [1.165, 1.54) is 17.0 Å². The molecule has 0 bridgehead atoms. The van der Waals surface area contributed by atoms with Crippen LogP contribution in [0, 0.1) is 11.5 Å². The van der Waals surface area contributed by atoms with Crippen LogP contribution in [0.5, 0.6) is 0 Å². The van der Waals surface area contributed by atoms with Gasteiger partial charge in [0.2, 0.25) is 10.0 Å². The molecule has 1 heterocycles. The Morgan fingerprint density at radius 3 is 2.53 bits per heavy atom. The fourth-order valence-corrected chi connectivity index (χ4v) is 4.37. The molecular formula is C11H11Cl2N3O2S. The minimum Gasteiger partial charge on any atom is -0.309 e. The lowest BCUT2D eigenvalue weighted by Crippen LogP contribution is -2.36. The topological polar surface area (TPSA) is 73.2 Å². The Bertz CT molecular complexity index is 607. The van der Waals surface area contributed by atoms with Gasteiger partial charge in [-0.2, -0.15) is 5.26 Å². The normalized spacial score (nSPS) is 19.4.